The second-order valence-electron chi connectivity index (χ2n) is 3.07. The minimum Gasteiger partial charge on any atom is -0.206 e. The standard InChI is InChI=1S/C12H15F/c1-2-3-4-5-8-11-9-6-7-10-12(11)13/h5-10H,2-4H2,1H3/b8-5+. The molecule has 0 atom stereocenters. The molecule has 0 aliphatic carbocycles. The fraction of sp³-hybridized carbons (Fsp3) is 0.333. The molecule has 0 saturated heterocycles. The van der Waals surface area contributed by atoms with E-state index in [0.29, 0.717) is 5.56 Å². The van der Waals surface area contributed by atoms with Gasteiger partial charge in [0.05, 0.1) is 0 Å². The van der Waals surface area contributed by atoms with Crippen molar-refractivity contribution in [1.82, 2.24) is 0 Å². The highest BCUT2D eigenvalue weighted by Gasteiger charge is 1.93. The normalized spacial score (nSPS) is 10.9. The summed E-state index contributed by atoms with van der Waals surface area (Å²) in [5, 5.41) is 0. The Labute approximate surface area is 79.1 Å². The van der Waals surface area contributed by atoms with Crippen LogP contribution in [-0.4, -0.2) is 0 Å². The van der Waals surface area contributed by atoms with Crippen molar-refractivity contribution < 1.29 is 4.39 Å². The molecule has 0 aliphatic rings. The van der Waals surface area contributed by atoms with Gasteiger partial charge in [-0.3, -0.25) is 0 Å². The molecule has 0 saturated carbocycles. The number of rotatable bonds is 4. The molecule has 70 valence electrons. The highest BCUT2D eigenvalue weighted by molar-refractivity contribution is 5.49. The minimum absolute atomic E-state index is 0.143. The molecule has 0 amide bonds. The first-order valence-electron chi connectivity index (χ1n) is 4.75. The van der Waals surface area contributed by atoms with Gasteiger partial charge >= 0.3 is 0 Å². The third-order valence-electron chi connectivity index (χ3n) is 1.93. The lowest BCUT2D eigenvalue weighted by Crippen LogP contribution is -1.79. The lowest BCUT2D eigenvalue weighted by molar-refractivity contribution is 0.625. The second kappa shape index (κ2) is 5.52. The van der Waals surface area contributed by atoms with E-state index in [-0.39, 0.29) is 5.82 Å². The van der Waals surface area contributed by atoms with Gasteiger partial charge in [-0.05, 0) is 12.5 Å². The van der Waals surface area contributed by atoms with Crippen LogP contribution in [0.3, 0.4) is 0 Å². The second-order valence-corrected chi connectivity index (χ2v) is 3.07. The lowest BCUT2D eigenvalue weighted by Gasteiger charge is -1.94. The van der Waals surface area contributed by atoms with Crippen LogP contribution in [0.5, 0.6) is 0 Å². The van der Waals surface area contributed by atoms with E-state index >= 15 is 0 Å². The van der Waals surface area contributed by atoms with Crippen LogP contribution in [0.2, 0.25) is 0 Å². The van der Waals surface area contributed by atoms with Crippen LogP contribution in [0, 0.1) is 5.82 Å². The maximum atomic E-state index is 13.0. The molecule has 1 aromatic rings. The molecule has 0 nitrogen and oxygen atoms in total. The van der Waals surface area contributed by atoms with Crippen LogP contribution >= 0.6 is 0 Å². The molecule has 0 unspecified atom stereocenters. The van der Waals surface area contributed by atoms with Crippen LogP contribution in [-0.2, 0) is 0 Å². The van der Waals surface area contributed by atoms with E-state index in [2.05, 4.69) is 6.92 Å². The topological polar surface area (TPSA) is 0 Å². The number of allylic oxidation sites excluding steroid dienone is 1. The zero-order valence-electron chi connectivity index (χ0n) is 7.96. The summed E-state index contributed by atoms with van der Waals surface area (Å²) in [6.07, 6.45) is 7.27. The van der Waals surface area contributed by atoms with Gasteiger partial charge < -0.3 is 0 Å². The summed E-state index contributed by atoms with van der Waals surface area (Å²) in [6.45, 7) is 2.15. The van der Waals surface area contributed by atoms with Gasteiger partial charge in [-0.15, -0.1) is 0 Å². The Morgan fingerprint density at radius 1 is 1.31 bits per heavy atom. The first-order valence-corrected chi connectivity index (χ1v) is 4.75. The largest absolute Gasteiger partial charge is 0.206 e. The third kappa shape index (κ3) is 3.41. The van der Waals surface area contributed by atoms with Gasteiger partial charge in [0.25, 0.3) is 0 Å². The SMILES string of the molecule is CCCC/C=C/c1ccccc1F. The van der Waals surface area contributed by atoms with Crippen molar-refractivity contribution in [2.75, 3.05) is 0 Å². The Hall–Kier alpha value is -1.11. The molecule has 0 heterocycles. The molecule has 0 bridgehead atoms. The molecule has 1 heteroatoms. The van der Waals surface area contributed by atoms with Gasteiger partial charge in [0.1, 0.15) is 5.82 Å². The van der Waals surface area contributed by atoms with Crippen LogP contribution < -0.4 is 0 Å². The molecule has 13 heavy (non-hydrogen) atoms. The average Bonchev–Trinajstić information content (AvgIpc) is 2.15. The molecule has 1 aromatic carbocycles. The molecular weight excluding hydrogens is 163 g/mol. The summed E-state index contributed by atoms with van der Waals surface area (Å²) in [5.41, 5.74) is 0.679. The quantitative estimate of drug-likeness (QED) is 0.611. The molecular formula is C12H15F. The predicted octanol–water partition coefficient (Wildman–Crippen LogP) is 4.03. The molecule has 0 N–H and O–H groups in total. The smallest absolute Gasteiger partial charge is 0.130 e. The minimum atomic E-state index is -0.143. The van der Waals surface area contributed by atoms with E-state index in [0.717, 1.165) is 6.42 Å². The fourth-order valence-corrected chi connectivity index (χ4v) is 1.14. The van der Waals surface area contributed by atoms with Crippen molar-refractivity contribution >= 4 is 6.08 Å². The van der Waals surface area contributed by atoms with Gasteiger partial charge in [-0.25, -0.2) is 4.39 Å². The van der Waals surface area contributed by atoms with Gasteiger partial charge in [0, 0.05) is 5.56 Å². The zero-order chi connectivity index (χ0) is 9.52. The Morgan fingerprint density at radius 2 is 2.08 bits per heavy atom. The van der Waals surface area contributed by atoms with Crippen LogP contribution in [0.25, 0.3) is 6.08 Å². The summed E-state index contributed by atoms with van der Waals surface area (Å²) in [4.78, 5) is 0. The Balaban J connectivity index is 2.53. The molecule has 0 spiro atoms. The number of unbranched alkanes of at least 4 members (excludes halogenated alkanes) is 2. The molecule has 0 fully saturated rings. The Bertz CT molecular complexity index is 276. The average molecular weight is 178 g/mol. The molecule has 1 rings (SSSR count). The summed E-state index contributed by atoms with van der Waals surface area (Å²) < 4.78 is 13.0. The van der Waals surface area contributed by atoms with Crippen molar-refractivity contribution in [3.8, 4) is 0 Å². The van der Waals surface area contributed by atoms with Gasteiger partial charge in [0.15, 0.2) is 0 Å². The number of benzene rings is 1. The van der Waals surface area contributed by atoms with Crippen molar-refractivity contribution in [2.24, 2.45) is 0 Å². The fourth-order valence-electron chi connectivity index (χ4n) is 1.14. The number of halogens is 1. The maximum absolute atomic E-state index is 13.0. The van der Waals surface area contributed by atoms with Crippen molar-refractivity contribution in [1.29, 1.82) is 0 Å². The summed E-state index contributed by atoms with van der Waals surface area (Å²) in [6, 6.07) is 6.83. The Morgan fingerprint density at radius 3 is 2.77 bits per heavy atom. The molecule has 0 aliphatic heterocycles. The van der Waals surface area contributed by atoms with Crippen molar-refractivity contribution in [3.05, 3.63) is 41.7 Å². The van der Waals surface area contributed by atoms with E-state index in [1.807, 2.05) is 18.2 Å². The van der Waals surface area contributed by atoms with Gasteiger partial charge in [0.2, 0.25) is 0 Å². The molecule has 0 radical (unpaired) electrons. The van der Waals surface area contributed by atoms with Crippen LogP contribution in [0.15, 0.2) is 30.3 Å². The maximum Gasteiger partial charge on any atom is 0.130 e. The monoisotopic (exact) mass is 178 g/mol. The van der Waals surface area contributed by atoms with E-state index < -0.39 is 0 Å². The lowest BCUT2D eigenvalue weighted by atomic mass is 10.1. The number of hydrogen-bond donors (Lipinski definition) is 0. The van der Waals surface area contributed by atoms with Crippen LogP contribution in [0.4, 0.5) is 4.39 Å². The van der Waals surface area contributed by atoms with Crippen LogP contribution in [0.1, 0.15) is 31.7 Å². The van der Waals surface area contributed by atoms with E-state index in [1.54, 1.807) is 12.1 Å². The van der Waals surface area contributed by atoms with Gasteiger partial charge in [-0.1, -0.05) is 50.1 Å². The first-order chi connectivity index (χ1) is 6.34. The van der Waals surface area contributed by atoms with E-state index in [4.69, 9.17) is 0 Å². The highest BCUT2D eigenvalue weighted by atomic mass is 19.1. The zero-order valence-corrected chi connectivity index (χ0v) is 7.96. The first kappa shape index (κ1) is 9.97. The van der Waals surface area contributed by atoms with E-state index in [9.17, 15) is 4.39 Å². The highest BCUT2D eigenvalue weighted by Crippen LogP contribution is 2.09. The van der Waals surface area contributed by atoms with Crippen molar-refractivity contribution in [2.45, 2.75) is 26.2 Å². The van der Waals surface area contributed by atoms with Crippen molar-refractivity contribution in [3.63, 3.8) is 0 Å². The predicted molar refractivity (Wildman–Crippen MR) is 55.0 cm³/mol. The summed E-state index contributed by atoms with van der Waals surface area (Å²) in [5.74, 6) is -0.143. The van der Waals surface area contributed by atoms with Gasteiger partial charge in [-0.2, -0.15) is 0 Å². The third-order valence-corrected chi connectivity index (χ3v) is 1.93. The summed E-state index contributed by atoms with van der Waals surface area (Å²) >= 11 is 0. The number of hydrogen-bond acceptors (Lipinski definition) is 0. The Kier molecular flexibility index (Phi) is 4.24. The summed E-state index contributed by atoms with van der Waals surface area (Å²) in [7, 11) is 0. The van der Waals surface area contributed by atoms with E-state index in [1.165, 1.54) is 18.9 Å². The molecule has 0 aromatic heterocycles.